The van der Waals surface area contributed by atoms with Gasteiger partial charge in [-0.2, -0.15) is 9.40 Å². The Morgan fingerprint density at radius 1 is 1.27 bits per heavy atom. The maximum Gasteiger partial charge on any atom is 0.345 e. The molecule has 0 N–H and O–H groups in total. The molecule has 0 aliphatic carbocycles. The van der Waals surface area contributed by atoms with Gasteiger partial charge in [0.25, 0.3) is 0 Å². The van der Waals surface area contributed by atoms with Gasteiger partial charge in [0.05, 0.1) is 4.90 Å². The van der Waals surface area contributed by atoms with Crippen LogP contribution in [0.5, 0.6) is 0 Å². The van der Waals surface area contributed by atoms with Crippen molar-refractivity contribution in [3.05, 3.63) is 45.9 Å². The van der Waals surface area contributed by atoms with Crippen LogP contribution in [-0.4, -0.2) is 40.2 Å². The molecule has 7 nitrogen and oxygen atoms in total. The fourth-order valence-electron chi connectivity index (χ4n) is 3.47. The van der Waals surface area contributed by atoms with Crippen molar-refractivity contribution in [2.45, 2.75) is 44.0 Å². The lowest BCUT2D eigenvalue weighted by molar-refractivity contribution is 0.308. The van der Waals surface area contributed by atoms with Crippen molar-refractivity contribution in [1.29, 1.82) is 0 Å². The SMILES string of the molecule is CCn1c(C2CCN(S(=O)(=O)c3cc(F)ccc3C)CC2)nn(C)c1=O. The zero-order valence-electron chi connectivity index (χ0n) is 15.1. The van der Waals surface area contributed by atoms with Gasteiger partial charge in [-0.15, -0.1) is 0 Å². The Labute approximate surface area is 152 Å². The van der Waals surface area contributed by atoms with Crippen LogP contribution >= 0.6 is 0 Å². The largest absolute Gasteiger partial charge is 0.345 e. The van der Waals surface area contributed by atoms with E-state index in [9.17, 15) is 17.6 Å². The van der Waals surface area contributed by atoms with E-state index in [-0.39, 0.29) is 16.5 Å². The molecule has 9 heteroatoms. The lowest BCUT2D eigenvalue weighted by atomic mass is 9.97. The second kappa shape index (κ2) is 6.96. The van der Waals surface area contributed by atoms with Crippen LogP contribution in [0, 0.1) is 12.7 Å². The molecule has 1 saturated heterocycles. The molecule has 1 fully saturated rings. The van der Waals surface area contributed by atoms with Crippen molar-refractivity contribution in [1.82, 2.24) is 18.7 Å². The summed E-state index contributed by atoms with van der Waals surface area (Å²) in [6.07, 6.45) is 1.15. The summed E-state index contributed by atoms with van der Waals surface area (Å²) >= 11 is 0. The molecule has 1 aliphatic rings. The predicted molar refractivity (Wildman–Crippen MR) is 95.0 cm³/mol. The van der Waals surface area contributed by atoms with Gasteiger partial charge in [0, 0.05) is 32.6 Å². The third-order valence-electron chi connectivity index (χ3n) is 4.94. The number of hydrogen-bond donors (Lipinski definition) is 0. The van der Waals surface area contributed by atoms with Crippen LogP contribution in [0.25, 0.3) is 0 Å². The number of benzene rings is 1. The Balaban J connectivity index is 1.81. The molecule has 142 valence electrons. The normalized spacial score (nSPS) is 16.9. The highest BCUT2D eigenvalue weighted by Gasteiger charge is 2.33. The van der Waals surface area contributed by atoms with Gasteiger partial charge in [-0.25, -0.2) is 22.3 Å². The summed E-state index contributed by atoms with van der Waals surface area (Å²) in [4.78, 5) is 12.1. The molecule has 1 aromatic carbocycles. The van der Waals surface area contributed by atoms with Crippen molar-refractivity contribution in [3.8, 4) is 0 Å². The topological polar surface area (TPSA) is 77.2 Å². The average Bonchev–Trinajstić information content (AvgIpc) is 2.91. The zero-order chi connectivity index (χ0) is 19.1. The molecule has 3 rings (SSSR count). The van der Waals surface area contributed by atoms with Gasteiger partial charge >= 0.3 is 5.69 Å². The standard InChI is InChI=1S/C17H23FN4O3S/c1-4-22-16(19-20(3)17(22)23)13-7-9-21(10-8-13)26(24,25)15-11-14(18)6-5-12(15)2/h5-6,11,13H,4,7-10H2,1-3H3. The molecule has 1 aromatic heterocycles. The summed E-state index contributed by atoms with van der Waals surface area (Å²) in [5.74, 6) is 0.174. The number of rotatable bonds is 4. The Kier molecular flexibility index (Phi) is 5.03. The van der Waals surface area contributed by atoms with Gasteiger partial charge in [-0.3, -0.25) is 4.57 Å². The van der Waals surface area contributed by atoms with Crippen LogP contribution in [0.15, 0.2) is 27.9 Å². The fourth-order valence-corrected chi connectivity index (χ4v) is 5.17. The number of piperidine rings is 1. The van der Waals surface area contributed by atoms with Crippen LogP contribution in [0.4, 0.5) is 4.39 Å². The molecular weight excluding hydrogens is 359 g/mol. The van der Waals surface area contributed by atoms with Gasteiger partial charge in [0.2, 0.25) is 10.0 Å². The number of hydrogen-bond acceptors (Lipinski definition) is 4. The van der Waals surface area contributed by atoms with E-state index in [1.54, 1.807) is 18.5 Å². The molecule has 26 heavy (non-hydrogen) atoms. The summed E-state index contributed by atoms with van der Waals surface area (Å²) in [5, 5.41) is 4.33. The average molecular weight is 382 g/mol. The molecule has 0 saturated carbocycles. The third kappa shape index (κ3) is 3.21. The molecule has 0 atom stereocenters. The summed E-state index contributed by atoms with van der Waals surface area (Å²) < 4.78 is 43.6. The smallest absolute Gasteiger partial charge is 0.279 e. The lowest BCUT2D eigenvalue weighted by Crippen LogP contribution is -2.38. The minimum Gasteiger partial charge on any atom is -0.279 e. The Bertz CT molecular complexity index is 972. The zero-order valence-corrected chi connectivity index (χ0v) is 16.0. The molecular formula is C17H23FN4O3S. The first kappa shape index (κ1) is 18.8. The number of aromatic nitrogens is 3. The van der Waals surface area contributed by atoms with Crippen LogP contribution in [-0.2, 0) is 23.6 Å². The molecule has 0 unspecified atom stereocenters. The van der Waals surface area contributed by atoms with Crippen molar-refractivity contribution < 1.29 is 12.8 Å². The van der Waals surface area contributed by atoms with E-state index in [2.05, 4.69) is 5.10 Å². The molecule has 2 heterocycles. The summed E-state index contributed by atoms with van der Waals surface area (Å²) in [6.45, 7) is 4.71. The van der Waals surface area contributed by atoms with E-state index in [4.69, 9.17) is 0 Å². The fraction of sp³-hybridized carbons (Fsp3) is 0.529. The first-order valence-electron chi connectivity index (χ1n) is 8.65. The van der Waals surface area contributed by atoms with Crippen LogP contribution in [0.1, 0.15) is 37.1 Å². The van der Waals surface area contributed by atoms with E-state index < -0.39 is 15.8 Å². The first-order chi connectivity index (χ1) is 12.3. The lowest BCUT2D eigenvalue weighted by Gasteiger charge is -2.31. The predicted octanol–water partition coefficient (Wildman–Crippen LogP) is 1.62. The number of nitrogens with zero attached hydrogens (tertiary/aromatic N) is 4. The van der Waals surface area contributed by atoms with Crippen molar-refractivity contribution >= 4 is 10.0 Å². The molecule has 2 aromatic rings. The monoisotopic (exact) mass is 382 g/mol. The molecule has 0 amide bonds. The maximum atomic E-state index is 13.5. The van der Waals surface area contributed by atoms with E-state index in [0.717, 1.165) is 6.07 Å². The molecule has 1 aliphatic heterocycles. The minimum atomic E-state index is -3.74. The van der Waals surface area contributed by atoms with Crippen LogP contribution < -0.4 is 5.69 Å². The van der Waals surface area contributed by atoms with Gasteiger partial charge in [0.1, 0.15) is 11.6 Å². The van der Waals surface area contributed by atoms with E-state index in [1.807, 2.05) is 6.92 Å². The maximum absolute atomic E-state index is 13.5. The molecule has 0 spiro atoms. The van der Waals surface area contributed by atoms with E-state index in [1.165, 1.54) is 21.1 Å². The highest BCUT2D eigenvalue weighted by molar-refractivity contribution is 7.89. The van der Waals surface area contributed by atoms with Crippen molar-refractivity contribution in [2.75, 3.05) is 13.1 Å². The summed E-state index contributed by atoms with van der Waals surface area (Å²) in [7, 11) is -2.12. The second-order valence-electron chi connectivity index (χ2n) is 6.60. The van der Waals surface area contributed by atoms with E-state index >= 15 is 0 Å². The second-order valence-corrected chi connectivity index (χ2v) is 8.50. The Hall–Kier alpha value is -2.00. The van der Waals surface area contributed by atoms with Crippen LogP contribution in [0.2, 0.25) is 0 Å². The molecule has 0 radical (unpaired) electrons. The molecule has 0 bridgehead atoms. The third-order valence-corrected chi connectivity index (χ3v) is 6.98. The van der Waals surface area contributed by atoms with Crippen LogP contribution in [0.3, 0.4) is 0 Å². The van der Waals surface area contributed by atoms with Gasteiger partial charge < -0.3 is 0 Å². The van der Waals surface area contributed by atoms with Gasteiger partial charge in [-0.05, 0) is 44.4 Å². The van der Waals surface area contributed by atoms with Gasteiger partial charge in [-0.1, -0.05) is 6.07 Å². The van der Waals surface area contributed by atoms with E-state index in [0.29, 0.717) is 43.9 Å². The highest BCUT2D eigenvalue weighted by atomic mass is 32.2. The van der Waals surface area contributed by atoms with Crippen molar-refractivity contribution in [2.24, 2.45) is 7.05 Å². The number of halogens is 1. The number of sulfonamides is 1. The first-order valence-corrected chi connectivity index (χ1v) is 10.1. The summed E-state index contributed by atoms with van der Waals surface area (Å²) in [5.41, 5.74) is 0.367. The highest BCUT2D eigenvalue weighted by Crippen LogP contribution is 2.30. The Morgan fingerprint density at radius 3 is 2.54 bits per heavy atom. The summed E-state index contributed by atoms with van der Waals surface area (Å²) in [6, 6.07) is 3.80. The minimum absolute atomic E-state index is 0.0132. The quantitative estimate of drug-likeness (QED) is 0.805. The Morgan fingerprint density at radius 2 is 1.92 bits per heavy atom. The number of aryl methyl sites for hydroxylation is 2. The van der Waals surface area contributed by atoms with Gasteiger partial charge in [0.15, 0.2) is 0 Å². The van der Waals surface area contributed by atoms with Crippen molar-refractivity contribution in [3.63, 3.8) is 0 Å².